The van der Waals surface area contributed by atoms with E-state index < -0.39 is 8.24 Å². The number of benzene rings is 1. The fourth-order valence-corrected chi connectivity index (χ4v) is 2.25. The van der Waals surface area contributed by atoms with E-state index in [-0.39, 0.29) is 0 Å². The second-order valence-corrected chi connectivity index (χ2v) is 9.63. The molecule has 0 fully saturated rings. The molecule has 0 radical (unpaired) electrons. The molecule has 0 saturated carbocycles. The van der Waals surface area contributed by atoms with Gasteiger partial charge in [0.25, 0.3) is 0 Å². The van der Waals surface area contributed by atoms with Gasteiger partial charge in [-0.2, -0.15) is 0 Å². The average Bonchev–Trinajstić information content (AvgIpc) is 2.17. The summed E-state index contributed by atoms with van der Waals surface area (Å²) >= 11 is 0. The topological polar surface area (TPSA) is 21.3 Å². The lowest BCUT2D eigenvalue weighted by Gasteiger charge is -2.17. The summed E-state index contributed by atoms with van der Waals surface area (Å²) in [7, 11) is 0.593. The predicted octanol–water partition coefficient (Wildman–Crippen LogP) is 2.66. The minimum Gasteiger partial charge on any atom is -0.497 e. The SMILES string of the molecule is COc1ccc(CCN[Si](C)(C)C)cc1. The van der Waals surface area contributed by atoms with Crippen molar-refractivity contribution in [1.29, 1.82) is 0 Å². The number of nitrogens with one attached hydrogen (secondary N) is 1. The van der Waals surface area contributed by atoms with E-state index in [2.05, 4.69) is 36.8 Å². The maximum atomic E-state index is 5.12. The van der Waals surface area contributed by atoms with E-state index in [4.69, 9.17) is 4.74 Å². The first kappa shape index (κ1) is 12.3. The summed E-state index contributed by atoms with van der Waals surface area (Å²) in [5, 5.41) is 0. The fraction of sp³-hybridized carbons (Fsp3) is 0.500. The Bertz CT molecular complexity index is 289. The Hall–Kier alpha value is -0.803. The van der Waals surface area contributed by atoms with E-state index in [1.807, 2.05) is 12.1 Å². The molecule has 1 rings (SSSR count). The molecular formula is C12H21NOSi. The molecule has 1 N–H and O–H groups in total. The average molecular weight is 223 g/mol. The third-order valence-corrected chi connectivity index (χ3v) is 3.54. The van der Waals surface area contributed by atoms with E-state index in [1.54, 1.807) is 7.11 Å². The molecule has 0 atom stereocenters. The predicted molar refractivity (Wildman–Crippen MR) is 68.0 cm³/mol. The Morgan fingerprint density at radius 1 is 1.13 bits per heavy atom. The largest absolute Gasteiger partial charge is 0.497 e. The summed E-state index contributed by atoms with van der Waals surface area (Å²) in [5.74, 6) is 0.928. The van der Waals surface area contributed by atoms with Gasteiger partial charge in [-0.15, -0.1) is 0 Å². The lowest BCUT2D eigenvalue weighted by Crippen LogP contribution is -2.42. The maximum absolute atomic E-state index is 5.12. The van der Waals surface area contributed by atoms with Crippen molar-refractivity contribution in [3.8, 4) is 5.75 Å². The Morgan fingerprint density at radius 3 is 2.20 bits per heavy atom. The van der Waals surface area contributed by atoms with Gasteiger partial charge in [0.2, 0.25) is 0 Å². The molecule has 84 valence electrons. The van der Waals surface area contributed by atoms with Crippen LogP contribution in [0.15, 0.2) is 24.3 Å². The zero-order valence-corrected chi connectivity index (χ0v) is 11.1. The summed E-state index contributed by atoms with van der Waals surface area (Å²) in [4.78, 5) is 3.61. The van der Waals surface area contributed by atoms with Crippen molar-refractivity contribution >= 4 is 8.24 Å². The van der Waals surface area contributed by atoms with Gasteiger partial charge in [0, 0.05) is 0 Å². The fourth-order valence-electron chi connectivity index (χ4n) is 1.37. The number of hydrogen-bond donors (Lipinski definition) is 1. The van der Waals surface area contributed by atoms with E-state index >= 15 is 0 Å². The van der Waals surface area contributed by atoms with Crippen LogP contribution in [0.2, 0.25) is 19.6 Å². The van der Waals surface area contributed by atoms with Crippen LogP contribution >= 0.6 is 0 Å². The normalized spacial score (nSPS) is 11.5. The second-order valence-electron chi connectivity index (χ2n) is 4.77. The smallest absolute Gasteiger partial charge is 0.118 e. The standard InChI is InChI=1S/C12H21NOSi/c1-14-12-7-5-11(6-8-12)9-10-13-15(2,3)4/h5-8,13H,9-10H2,1-4H3. The van der Waals surface area contributed by atoms with Crippen LogP contribution in [0.1, 0.15) is 5.56 Å². The molecule has 3 heteroatoms. The van der Waals surface area contributed by atoms with Gasteiger partial charge in [-0.05, 0) is 30.7 Å². The first-order valence-electron chi connectivity index (χ1n) is 5.39. The van der Waals surface area contributed by atoms with Crippen molar-refractivity contribution in [3.63, 3.8) is 0 Å². The van der Waals surface area contributed by atoms with Crippen molar-refractivity contribution in [2.24, 2.45) is 0 Å². The first-order valence-corrected chi connectivity index (χ1v) is 8.89. The van der Waals surface area contributed by atoms with Crippen molar-refractivity contribution < 1.29 is 4.74 Å². The summed E-state index contributed by atoms with van der Waals surface area (Å²) in [6, 6.07) is 8.29. The molecule has 0 aliphatic heterocycles. The second kappa shape index (κ2) is 5.33. The van der Waals surface area contributed by atoms with Gasteiger partial charge in [-0.25, -0.2) is 0 Å². The maximum Gasteiger partial charge on any atom is 0.118 e. The van der Waals surface area contributed by atoms with Gasteiger partial charge in [-0.1, -0.05) is 31.8 Å². The number of rotatable bonds is 5. The Balaban J connectivity index is 2.38. The van der Waals surface area contributed by atoms with E-state index in [0.29, 0.717) is 0 Å². The highest BCUT2D eigenvalue weighted by Gasteiger charge is 2.10. The minimum atomic E-state index is -1.10. The van der Waals surface area contributed by atoms with Crippen LogP contribution in [0.25, 0.3) is 0 Å². The third-order valence-electron chi connectivity index (χ3n) is 2.23. The van der Waals surface area contributed by atoms with Gasteiger partial charge in [0.1, 0.15) is 14.0 Å². The highest BCUT2D eigenvalue weighted by atomic mass is 28.3. The molecule has 0 saturated heterocycles. The number of methoxy groups -OCH3 is 1. The number of hydrogen-bond acceptors (Lipinski definition) is 2. The van der Waals surface area contributed by atoms with Crippen LogP contribution in [0, 0.1) is 0 Å². The van der Waals surface area contributed by atoms with Gasteiger partial charge in [0.15, 0.2) is 0 Å². The van der Waals surface area contributed by atoms with Gasteiger partial charge < -0.3 is 9.72 Å². The molecule has 0 heterocycles. The van der Waals surface area contributed by atoms with Crippen LogP contribution < -0.4 is 9.72 Å². The zero-order chi connectivity index (χ0) is 11.3. The van der Waals surface area contributed by atoms with Crippen LogP contribution in [0.5, 0.6) is 5.75 Å². The van der Waals surface area contributed by atoms with Gasteiger partial charge in [-0.3, -0.25) is 0 Å². The van der Waals surface area contributed by atoms with Crippen molar-refractivity contribution in [1.82, 2.24) is 4.98 Å². The van der Waals surface area contributed by atoms with Crippen molar-refractivity contribution in [3.05, 3.63) is 29.8 Å². The van der Waals surface area contributed by atoms with Crippen LogP contribution in [0.3, 0.4) is 0 Å². The number of ether oxygens (including phenoxy) is 1. The van der Waals surface area contributed by atoms with Crippen LogP contribution in [0.4, 0.5) is 0 Å². The zero-order valence-electron chi connectivity index (χ0n) is 10.1. The van der Waals surface area contributed by atoms with Crippen LogP contribution in [-0.4, -0.2) is 21.9 Å². The lowest BCUT2D eigenvalue weighted by atomic mass is 10.1. The molecule has 2 nitrogen and oxygen atoms in total. The molecule has 0 unspecified atom stereocenters. The molecule has 0 bridgehead atoms. The Morgan fingerprint density at radius 2 is 1.73 bits per heavy atom. The molecule has 1 aromatic rings. The van der Waals surface area contributed by atoms with E-state index in [9.17, 15) is 0 Å². The first-order chi connectivity index (χ1) is 7.01. The lowest BCUT2D eigenvalue weighted by molar-refractivity contribution is 0.414. The van der Waals surface area contributed by atoms with E-state index in [1.165, 1.54) is 5.56 Å². The molecule has 0 aromatic heterocycles. The quantitative estimate of drug-likeness (QED) is 0.775. The third kappa shape index (κ3) is 5.00. The molecular weight excluding hydrogens is 202 g/mol. The minimum absolute atomic E-state index is 0.928. The summed E-state index contributed by atoms with van der Waals surface area (Å²) in [6.07, 6.45) is 1.09. The van der Waals surface area contributed by atoms with Crippen molar-refractivity contribution in [2.45, 2.75) is 26.1 Å². The monoisotopic (exact) mass is 223 g/mol. The Labute approximate surface area is 93.7 Å². The Kier molecular flexibility index (Phi) is 4.36. The van der Waals surface area contributed by atoms with E-state index in [0.717, 1.165) is 18.7 Å². The molecule has 0 amide bonds. The van der Waals surface area contributed by atoms with Crippen molar-refractivity contribution in [2.75, 3.05) is 13.7 Å². The molecule has 15 heavy (non-hydrogen) atoms. The highest BCUT2D eigenvalue weighted by Crippen LogP contribution is 2.11. The molecule has 0 aliphatic rings. The van der Waals surface area contributed by atoms with Gasteiger partial charge >= 0.3 is 0 Å². The summed E-state index contributed by atoms with van der Waals surface area (Å²) in [5.41, 5.74) is 1.36. The van der Waals surface area contributed by atoms with Gasteiger partial charge in [0.05, 0.1) is 7.11 Å². The molecule has 1 aromatic carbocycles. The molecule has 0 aliphatic carbocycles. The highest BCUT2D eigenvalue weighted by molar-refractivity contribution is 6.73. The summed E-state index contributed by atoms with van der Waals surface area (Å²) in [6.45, 7) is 8.03. The molecule has 0 spiro atoms. The summed E-state index contributed by atoms with van der Waals surface area (Å²) < 4.78 is 5.12. The van der Waals surface area contributed by atoms with Crippen LogP contribution in [-0.2, 0) is 6.42 Å².